The minimum absolute atomic E-state index is 0.0103. The minimum atomic E-state index is -0.0103. The highest BCUT2D eigenvalue weighted by molar-refractivity contribution is 5.94. The average molecular weight is 298 g/mol. The van der Waals surface area contributed by atoms with Crippen molar-refractivity contribution in [3.63, 3.8) is 0 Å². The predicted octanol–water partition coefficient (Wildman–Crippen LogP) is 1.73. The van der Waals surface area contributed by atoms with E-state index < -0.39 is 0 Å². The van der Waals surface area contributed by atoms with E-state index in [1.54, 1.807) is 0 Å². The lowest BCUT2D eigenvalue weighted by atomic mass is 10.1. The van der Waals surface area contributed by atoms with Gasteiger partial charge in [0.25, 0.3) is 5.91 Å². The monoisotopic (exact) mass is 298 g/mol. The molecule has 5 nitrogen and oxygen atoms in total. The van der Waals surface area contributed by atoms with Crippen molar-refractivity contribution in [2.24, 2.45) is 5.92 Å². The summed E-state index contributed by atoms with van der Waals surface area (Å²) in [7, 11) is 0. The Kier molecular flexibility index (Phi) is 3.21. The molecule has 1 aromatic heterocycles. The Balaban J connectivity index is 1.41. The van der Waals surface area contributed by atoms with Gasteiger partial charge in [0.2, 0.25) is 0 Å². The highest BCUT2D eigenvalue weighted by Crippen LogP contribution is 2.46. The molecule has 1 aliphatic heterocycles. The topological polar surface area (TPSA) is 51.0 Å². The van der Waals surface area contributed by atoms with Gasteiger partial charge >= 0.3 is 0 Å². The molecule has 1 aromatic rings. The fraction of sp³-hybridized carbons (Fsp3) is 0.706. The molecule has 3 aliphatic rings. The molecule has 0 aromatic carbocycles. The summed E-state index contributed by atoms with van der Waals surface area (Å²) < 4.78 is 1.91. The number of hydrogen-bond acceptors (Lipinski definition) is 3. The van der Waals surface area contributed by atoms with Gasteiger partial charge in [-0.3, -0.25) is 9.48 Å². The normalized spacial score (nSPS) is 25.7. The zero-order valence-corrected chi connectivity index (χ0v) is 13.1. The average Bonchev–Trinajstić information content (AvgIpc) is 3.38. The van der Waals surface area contributed by atoms with Crippen LogP contribution >= 0.6 is 0 Å². The maximum absolute atomic E-state index is 12.3. The minimum Gasteiger partial charge on any atom is -0.327 e. The third-order valence-corrected chi connectivity index (χ3v) is 5.15. The van der Waals surface area contributed by atoms with Crippen LogP contribution < -0.4 is 0 Å². The Morgan fingerprint density at radius 2 is 2.23 bits per heavy atom. The van der Waals surface area contributed by atoms with E-state index in [4.69, 9.17) is 0 Å². The standard InChI is InChI=1S/C17H22N4O/c1-17(8-9-17)15-12-20(19-18-15)11-14-3-2-10-21(14)16(22)7-6-13-4-5-13/h12-14H,2-5,8-11H2,1H3. The van der Waals surface area contributed by atoms with E-state index in [1.807, 2.05) is 9.58 Å². The van der Waals surface area contributed by atoms with Crippen LogP contribution in [0, 0.1) is 17.8 Å². The number of carbonyl (C=O) groups is 1. The number of hydrogen-bond donors (Lipinski definition) is 0. The summed E-state index contributed by atoms with van der Waals surface area (Å²) in [6.07, 6.45) is 8.87. The van der Waals surface area contributed by atoms with Crippen LogP contribution in [0.3, 0.4) is 0 Å². The van der Waals surface area contributed by atoms with Crippen molar-refractivity contribution in [3.8, 4) is 11.8 Å². The van der Waals surface area contributed by atoms with Crippen molar-refractivity contribution in [1.82, 2.24) is 19.9 Å². The van der Waals surface area contributed by atoms with Crippen molar-refractivity contribution >= 4 is 5.91 Å². The molecule has 22 heavy (non-hydrogen) atoms. The highest BCUT2D eigenvalue weighted by atomic mass is 16.2. The lowest BCUT2D eigenvalue weighted by Crippen LogP contribution is -2.37. The Labute approximate surface area is 131 Å². The van der Waals surface area contributed by atoms with E-state index >= 15 is 0 Å². The fourth-order valence-electron chi connectivity index (χ4n) is 3.08. The van der Waals surface area contributed by atoms with E-state index in [0.717, 1.165) is 44.5 Å². The Morgan fingerprint density at radius 1 is 1.41 bits per heavy atom. The molecule has 1 saturated heterocycles. The van der Waals surface area contributed by atoms with Crippen molar-refractivity contribution in [3.05, 3.63) is 11.9 Å². The second-order valence-corrected chi connectivity index (χ2v) is 7.22. The van der Waals surface area contributed by atoms with Gasteiger partial charge in [0, 0.05) is 24.1 Å². The quantitative estimate of drug-likeness (QED) is 0.799. The summed E-state index contributed by atoms with van der Waals surface area (Å²) in [6.45, 7) is 3.79. The number of likely N-dealkylation sites (tertiary alicyclic amines) is 1. The molecule has 0 spiro atoms. The molecule has 2 heterocycles. The summed E-state index contributed by atoms with van der Waals surface area (Å²) in [5, 5.41) is 8.57. The van der Waals surface area contributed by atoms with Crippen LogP contribution in [-0.2, 0) is 16.8 Å². The van der Waals surface area contributed by atoms with Gasteiger partial charge < -0.3 is 4.90 Å². The van der Waals surface area contributed by atoms with Gasteiger partial charge in [-0.1, -0.05) is 18.1 Å². The van der Waals surface area contributed by atoms with Crippen molar-refractivity contribution < 1.29 is 4.79 Å². The zero-order chi connectivity index (χ0) is 15.2. The summed E-state index contributed by atoms with van der Waals surface area (Å²) in [4.78, 5) is 14.2. The van der Waals surface area contributed by atoms with E-state index in [2.05, 4.69) is 35.3 Å². The lowest BCUT2D eigenvalue weighted by Gasteiger charge is -2.22. The van der Waals surface area contributed by atoms with Crippen LogP contribution in [0.4, 0.5) is 0 Å². The van der Waals surface area contributed by atoms with Crippen LogP contribution in [0.25, 0.3) is 0 Å². The van der Waals surface area contributed by atoms with Gasteiger partial charge in [0.1, 0.15) is 0 Å². The molecule has 1 unspecified atom stereocenters. The van der Waals surface area contributed by atoms with Crippen LogP contribution in [0.1, 0.15) is 51.1 Å². The number of rotatable bonds is 3. The molecule has 0 radical (unpaired) electrons. The van der Waals surface area contributed by atoms with E-state index in [0.29, 0.717) is 5.92 Å². The Bertz CT molecular complexity index is 645. The predicted molar refractivity (Wildman–Crippen MR) is 81.8 cm³/mol. The summed E-state index contributed by atoms with van der Waals surface area (Å²) in [6, 6.07) is 0.211. The molecule has 3 fully saturated rings. The van der Waals surface area contributed by atoms with Gasteiger partial charge in [-0.25, -0.2) is 0 Å². The highest BCUT2D eigenvalue weighted by Gasteiger charge is 2.41. The van der Waals surface area contributed by atoms with Crippen LogP contribution in [0.2, 0.25) is 0 Å². The summed E-state index contributed by atoms with van der Waals surface area (Å²) >= 11 is 0. The molecule has 0 bridgehead atoms. The van der Waals surface area contributed by atoms with Crippen molar-refractivity contribution in [2.75, 3.05) is 6.54 Å². The molecule has 2 saturated carbocycles. The molecule has 116 valence electrons. The first-order valence-electron chi connectivity index (χ1n) is 8.37. The Hall–Kier alpha value is -1.83. The van der Waals surface area contributed by atoms with Gasteiger partial charge in [-0.2, -0.15) is 0 Å². The molecule has 4 rings (SSSR count). The molecular formula is C17H22N4O. The van der Waals surface area contributed by atoms with Crippen molar-refractivity contribution in [1.29, 1.82) is 0 Å². The number of carbonyl (C=O) groups excluding carboxylic acids is 1. The molecule has 2 aliphatic carbocycles. The smallest absolute Gasteiger partial charge is 0.298 e. The molecule has 1 amide bonds. The first kappa shape index (κ1) is 13.8. The van der Waals surface area contributed by atoms with Gasteiger partial charge in [0.15, 0.2) is 0 Å². The maximum Gasteiger partial charge on any atom is 0.298 e. The van der Waals surface area contributed by atoms with Crippen LogP contribution in [0.15, 0.2) is 6.20 Å². The summed E-state index contributed by atoms with van der Waals surface area (Å²) in [5.41, 5.74) is 1.34. The molecule has 5 heteroatoms. The van der Waals surface area contributed by atoms with E-state index in [1.165, 1.54) is 12.8 Å². The Morgan fingerprint density at radius 3 is 2.95 bits per heavy atom. The van der Waals surface area contributed by atoms with Crippen LogP contribution in [-0.4, -0.2) is 38.4 Å². The van der Waals surface area contributed by atoms with Crippen molar-refractivity contribution in [2.45, 2.75) is 63.5 Å². The first-order valence-corrected chi connectivity index (χ1v) is 8.37. The van der Waals surface area contributed by atoms with Gasteiger partial charge in [0.05, 0.1) is 18.3 Å². The fourth-order valence-corrected chi connectivity index (χ4v) is 3.08. The number of nitrogens with zero attached hydrogens (tertiary/aromatic N) is 4. The second kappa shape index (κ2) is 5.12. The van der Waals surface area contributed by atoms with E-state index in [-0.39, 0.29) is 17.4 Å². The zero-order valence-electron chi connectivity index (χ0n) is 13.1. The molecule has 1 atom stereocenters. The lowest BCUT2D eigenvalue weighted by molar-refractivity contribution is -0.126. The largest absolute Gasteiger partial charge is 0.327 e. The first-order chi connectivity index (χ1) is 10.6. The van der Waals surface area contributed by atoms with Crippen LogP contribution in [0.5, 0.6) is 0 Å². The van der Waals surface area contributed by atoms with Gasteiger partial charge in [-0.15, -0.1) is 5.10 Å². The third kappa shape index (κ3) is 2.75. The van der Waals surface area contributed by atoms with E-state index in [9.17, 15) is 4.79 Å². The number of aromatic nitrogens is 3. The SMILES string of the molecule is CC1(c2cn(CC3CCCN3C(=O)C#CC3CC3)nn2)CC1. The third-order valence-electron chi connectivity index (χ3n) is 5.15. The summed E-state index contributed by atoms with van der Waals surface area (Å²) in [5.74, 6) is 6.37. The molecular weight excluding hydrogens is 276 g/mol. The maximum atomic E-state index is 12.3. The second-order valence-electron chi connectivity index (χ2n) is 7.22. The molecule has 0 N–H and O–H groups in total. The van der Waals surface area contributed by atoms with Gasteiger partial charge in [-0.05, 0) is 44.4 Å². The number of amides is 1.